The summed E-state index contributed by atoms with van der Waals surface area (Å²) in [6, 6.07) is 15.4. The maximum absolute atomic E-state index is 14.3. The maximum Gasteiger partial charge on any atom is 0.336 e. The van der Waals surface area contributed by atoms with Gasteiger partial charge in [-0.1, -0.05) is 42.0 Å². The van der Waals surface area contributed by atoms with Crippen LogP contribution in [0, 0.1) is 12.7 Å². The summed E-state index contributed by atoms with van der Waals surface area (Å²) in [7, 11) is 1.47. The van der Waals surface area contributed by atoms with E-state index < -0.39 is 23.7 Å². The monoisotopic (exact) mass is 538 g/mol. The molecular formula is C26H20BrFN2O5. The highest BCUT2D eigenvalue weighted by Gasteiger charge is 2.38. The van der Waals surface area contributed by atoms with E-state index in [1.807, 2.05) is 31.2 Å². The molecule has 1 aliphatic heterocycles. The van der Waals surface area contributed by atoms with Crippen LogP contribution in [-0.2, 0) is 16.2 Å². The quantitative estimate of drug-likeness (QED) is 0.346. The third kappa shape index (κ3) is 5.09. The Bertz CT molecular complexity index is 1350. The van der Waals surface area contributed by atoms with E-state index in [9.17, 15) is 18.8 Å². The molecule has 1 aliphatic rings. The number of halogens is 2. The number of barbiturate groups is 1. The second-order valence-corrected chi connectivity index (χ2v) is 8.57. The number of imide groups is 2. The van der Waals surface area contributed by atoms with Crippen LogP contribution >= 0.6 is 15.9 Å². The maximum atomic E-state index is 14.3. The minimum Gasteiger partial charge on any atom is -0.493 e. The van der Waals surface area contributed by atoms with Crippen LogP contribution in [0.3, 0.4) is 0 Å². The molecule has 4 rings (SSSR count). The van der Waals surface area contributed by atoms with Gasteiger partial charge < -0.3 is 9.47 Å². The number of nitrogens with zero attached hydrogens (tertiary/aromatic N) is 1. The molecule has 0 spiro atoms. The van der Waals surface area contributed by atoms with Crippen molar-refractivity contribution in [1.82, 2.24) is 5.32 Å². The fraction of sp³-hybridized carbons (Fsp3) is 0.115. The topological polar surface area (TPSA) is 84.9 Å². The Morgan fingerprint density at radius 1 is 1.06 bits per heavy atom. The van der Waals surface area contributed by atoms with Crippen molar-refractivity contribution in [2.45, 2.75) is 13.5 Å². The molecule has 1 saturated heterocycles. The first-order valence-electron chi connectivity index (χ1n) is 10.5. The standard InChI is InChI=1S/C26H20BrFN2O5/c1-15-7-9-16(10-8-15)14-35-23-19(27)12-17(13-22(23)34-2)11-18-24(31)29-26(33)30(25(18)32)21-6-4-3-5-20(21)28/h3-13H,14H2,1-2H3,(H,29,31,33)/b18-11-. The molecule has 0 unspecified atom stereocenters. The van der Waals surface area contributed by atoms with Crippen LogP contribution in [-0.4, -0.2) is 25.0 Å². The number of para-hydroxylation sites is 1. The van der Waals surface area contributed by atoms with Gasteiger partial charge in [-0.15, -0.1) is 0 Å². The molecule has 7 nitrogen and oxygen atoms in total. The summed E-state index contributed by atoms with van der Waals surface area (Å²) in [5.41, 5.74) is 1.94. The predicted octanol–water partition coefficient (Wildman–Crippen LogP) is 5.15. The van der Waals surface area contributed by atoms with Crippen LogP contribution in [0.4, 0.5) is 14.9 Å². The summed E-state index contributed by atoms with van der Waals surface area (Å²) >= 11 is 3.45. The molecule has 9 heteroatoms. The van der Waals surface area contributed by atoms with Gasteiger partial charge in [0.1, 0.15) is 18.0 Å². The average Bonchev–Trinajstić information content (AvgIpc) is 2.83. The zero-order valence-corrected chi connectivity index (χ0v) is 20.4. The number of aryl methyl sites for hydroxylation is 1. The normalized spacial score (nSPS) is 14.8. The number of nitrogens with one attached hydrogen (secondary N) is 1. The Balaban J connectivity index is 1.64. The van der Waals surface area contributed by atoms with Crippen LogP contribution < -0.4 is 19.7 Å². The number of urea groups is 1. The van der Waals surface area contributed by atoms with E-state index in [2.05, 4.69) is 21.2 Å². The molecular weight excluding hydrogens is 519 g/mol. The van der Waals surface area contributed by atoms with Crippen LogP contribution in [0.25, 0.3) is 6.08 Å². The zero-order chi connectivity index (χ0) is 25.1. The number of ether oxygens (including phenoxy) is 2. The Hall–Kier alpha value is -3.98. The van der Waals surface area contributed by atoms with Crippen LogP contribution in [0.15, 0.2) is 70.7 Å². The van der Waals surface area contributed by atoms with Crippen molar-refractivity contribution < 1.29 is 28.2 Å². The molecule has 0 bridgehead atoms. The van der Waals surface area contributed by atoms with Gasteiger partial charge in [0.15, 0.2) is 11.5 Å². The third-order valence-corrected chi connectivity index (χ3v) is 5.85. The number of carbonyl (C=O) groups excluding carboxylic acids is 3. The van der Waals surface area contributed by atoms with Gasteiger partial charge in [0.05, 0.1) is 17.3 Å². The van der Waals surface area contributed by atoms with E-state index in [1.165, 1.54) is 31.4 Å². The van der Waals surface area contributed by atoms with Crippen molar-refractivity contribution in [1.29, 1.82) is 0 Å². The summed E-state index contributed by atoms with van der Waals surface area (Å²) in [5.74, 6) is -1.80. The first kappa shape index (κ1) is 24.2. The summed E-state index contributed by atoms with van der Waals surface area (Å²) < 4.78 is 26.2. The Morgan fingerprint density at radius 2 is 1.77 bits per heavy atom. The van der Waals surface area contributed by atoms with Gasteiger partial charge in [-0.2, -0.15) is 0 Å². The lowest BCUT2D eigenvalue weighted by Crippen LogP contribution is -2.54. The van der Waals surface area contributed by atoms with Gasteiger partial charge in [0, 0.05) is 0 Å². The Labute approximate surface area is 209 Å². The third-order valence-electron chi connectivity index (χ3n) is 5.26. The Morgan fingerprint density at radius 3 is 2.46 bits per heavy atom. The molecule has 1 N–H and O–H groups in total. The molecule has 1 fully saturated rings. The van der Waals surface area contributed by atoms with Crippen molar-refractivity contribution in [3.05, 3.63) is 93.2 Å². The van der Waals surface area contributed by atoms with E-state index >= 15 is 0 Å². The first-order valence-corrected chi connectivity index (χ1v) is 11.3. The zero-order valence-electron chi connectivity index (χ0n) is 18.8. The molecule has 0 atom stereocenters. The highest BCUT2D eigenvalue weighted by molar-refractivity contribution is 9.10. The molecule has 35 heavy (non-hydrogen) atoms. The van der Waals surface area contributed by atoms with Gasteiger partial charge in [0.25, 0.3) is 11.8 Å². The number of anilines is 1. The highest BCUT2D eigenvalue weighted by Crippen LogP contribution is 2.38. The molecule has 0 radical (unpaired) electrons. The molecule has 0 saturated carbocycles. The smallest absolute Gasteiger partial charge is 0.336 e. The molecule has 3 aromatic carbocycles. The van der Waals surface area contributed by atoms with E-state index in [1.54, 1.807) is 12.1 Å². The number of methoxy groups -OCH3 is 1. The number of carbonyl (C=O) groups is 3. The fourth-order valence-electron chi connectivity index (χ4n) is 3.48. The molecule has 0 aliphatic carbocycles. The van der Waals surface area contributed by atoms with Gasteiger partial charge >= 0.3 is 6.03 Å². The number of benzene rings is 3. The Kier molecular flexibility index (Phi) is 6.97. The van der Waals surface area contributed by atoms with Crippen molar-refractivity contribution in [2.24, 2.45) is 0 Å². The minimum atomic E-state index is -1.03. The SMILES string of the molecule is COc1cc(/C=C2/C(=O)NC(=O)N(c3ccccc3F)C2=O)cc(Br)c1OCc1ccc(C)cc1. The second-order valence-electron chi connectivity index (χ2n) is 7.72. The predicted molar refractivity (Wildman–Crippen MR) is 132 cm³/mol. The van der Waals surface area contributed by atoms with Crippen LogP contribution in [0.5, 0.6) is 11.5 Å². The van der Waals surface area contributed by atoms with Gasteiger partial charge in [-0.05, 0) is 64.3 Å². The summed E-state index contributed by atoms with van der Waals surface area (Å²) in [4.78, 5) is 38.4. The van der Waals surface area contributed by atoms with Crippen LogP contribution in [0.2, 0.25) is 0 Å². The average molecular weight is 539 g/mol. The summed E-state index contributed by atoms with van der Waals surface area (Å²) in [6.07, 6.45) is 1.30. The first-order chi connectivity index (χ1) is 16.8. The van der Waals surface area contributed by atoms with Gasteiger partial charge in [-0.3, -0.25) is 14.9 Å². The highest BCUT2D eigenvalue weighted by atomic mass is 79.9. The van der Waals surface area contributed by atoms with Crippen molar-refractivity contribution >= 4 is 45.5 Å². The van der Waals surface area contributed by atoms with E-state index in [4.69, 9.17) is 9.47 Å². The van der Waals surface area contributed by atoms with Crippen molar-refractivity contribution in [2.75, 3.05) is 12.0 Å². The van der Waals surface area contributed by atoms with Crippen molar-refractivity contribution in [3.8, 4) is 11.5 Å². The molecule has 3 aromatic rings. The molecule has 1 heterocycles. The lowest BCUT2D eigenvalue weighted by molar-refractivity contribution is -0.122. The van der Waals surface area contributed by atoms with E-state index in [0.29, 0.717) is 33.0 Å². The second kappa shape index (κ2) is 10.1. The lowest BCUT2D eigenvalue weighted by atomic mass is 10.1. The molecule has 178 valence electrons. The van der Waals surface area contributed by atoms with Gasteiger partial charge in [-0.25, -0.2) is 14.1 Å². The lowest BCUT2D eigenvalue weighted by Gasteiger charge is -2.26. The van der Waals surface area contributed by atoms with Crippen LogP contribution in [0.1, 0.15) is 16.7 Å². The largest absolute Gasteiger partial charge is 0.493 e. The number of hydrogen-bond donors (Lipinski definition) is 1. The van der Waals surface area contributed by atoms with E-state index in [-0.39, 0.29) is 11.3 Å². The number of amides is 4. The summed E-state index contributed by atoms with van der Waals surface area (Å²) in [5, 5.41) is 2.08. The number of rotatable bonds is 6. The minimum absolute atomic E-state index is 0.257. The van der Waals surface area contributed by atoms with Gasteiger partial charge in [0.2, 0.25) is 0 Å². The molecule has 0 aromatic heterocycles. The number of hydrogen-bond acceptors (Lipinski definition) is 5. The fourth-order valence-corrected chi connectivity index (χ4v) is 4.05. The summed E-state index contributed by atoms with van der Waals surface area (Å²) in [6.45, 7) is 2.30. The van der Waals surface area contributed by atoms with E-state index in [0.717, 1.165) is 17.2 Å². The van der Waals surface area contributed by atoms with Crippen molar-refractivity contribution in [3.63, 3.8) is 0 Å². The molecule has 4 amide bonds.